The Balaban J connectivity index is 1.39. The van der Waals surface area contributed by atoms with Crippen LogP contribution in [0.5, 0.6) is 5.75 Å². The summed E-state index contributed by atoms with van der Waals surface area (Å²) in [5, 5.41) is 3.19. The summed E-state index contributed by atoms with van der Waals surface area (Å²) in [5.41, 5.74) is 2.31. The molecule has 1 aliphatic heterocycles. The van der Waals surface area contributed by atoms with E-state index in [1.807, 2.05) is 31.2 Å². The summed E-state index contributed by atoms with van der Waals surface area (Å²) in [7, 11) is 2.40. The number of halogens is 2. The van der Waals surface area contributed by atoms with Crippen LogP contribution in [0.3, 0.4) is 0 Å². The maximum Gasteiger partial charge on any atom is 0.154 e. The molecule has 0 unspecified atom stereocenters. The summed E-state index contributed by atoms with van der Waals surface area (Å²) in [5.74, 6) is 0.837. The average molecular weight is 421 g/mol. The molecule has 0 amide bonds. The van der Waals surface area contributed by atoms with Gasteiger partial charge in [-0.1, -0.05) is 23.2 Å². The first-order valence-electron chi connectivity index (χ1n) is 10.2. The van der Waals surface area contributed by atoms with Gasteiger partial charge in [0.1, 0.15) is 11.3 Å². The van der Waals surface area contributed by atoms with Gasteiger partial charge in [0.25, 0.3) is 0 Å². The molecule has 2 heterocycles. The van der Waals surface area contributed by atoms with E-state index in [1.165, 1.54) is 49.8 Å². The number of ether oxygens (including phenoxy) is 1. The summed E-state index contributed by atoms with van der Waals surface area (Å²) in [4.78, 5) is 0. The smallest absolute Gasteiger partial charge is 0.154 e. The third-order valence-corrected chi connectivity index (χ3v) is 6.96. The Morgan fingerprint density at radius 1 is 1.04 bits per heavy atom. The van der Waals surface area contributed by atoms with E-state index in [0.29, 0.717) is 15.6 Å². The summed E-state index contributed by atoms with van der Waals surface area (Å²) >= 11 is 12.7. The number of rotatable bonds is 6. The second-order valence-corrected chi connectivity index (χ2v) is 9.13. The molecule has 1 aromatic heterocycles. The first kappa shape index (κ1) is 19.9. The molecule has 0 bridgehead atoms. The Labute approximate surface area is 176 Å². The van der Waals surface area contributed by atoms with Gasteiger partial charge in [-0.3, -0.25) is 0 Å². The van der Waals surface area contributed by atoms with E-state index in [2.05, 4.69) is 7.05 Å². The third kappa shape index (κ3) is 3.98. The fourth-order valence-electron chi connectivity index (χ4n) is 4.29. The van der Waals surface area contributed by atoms with Crippen molar-refractivity contribution in [1.82, 2.24) is 0 Å². The summed E-state index contributed by atoms with van der Waals surface area (Å²) < 4.78 is 13.2. The molecular formula is C23H28Cl2NO2+. The summed E-state index contributed by atoms with van der Waals surface area (Å²) in [6.07, 6.45) is 6.43. The van der Waals surface area contributed by atoms with Crippen molar-refractivity contribution >= 4 is 45.1 Å². The van der Waals surface area contributed by atoms with Gasteiger partial charge >= 0.3 is 0 Å². The highest BCUT2D eigenvalue weighted by Crippen LogP contribution is 2.39. The second kappa shape index (κ2) is 8.14. The van der Waals surface area contributed by atoms with Crippen molar-refractivity contribution in [3.8, 4) is 5.75 Å². The normalized spacial score (nSPS) is 16.7. The van der Waals surface area contributed by atoms with E-state index in [4.69, 9.17) is 32.4 Å². The molecule has 3 nitrogen and oxygen atoms in total. The Morgan fingerprint density at radius 2 is 1.82 bits per heavy atom. The SMILES string of the molecule is Cc1c(Cl)cc2c(oc3cc(OCCCC[N+]4(C)CCCCC4)ccc32)c1Cl. The van der Waals surface area contributed by atoms with E-state index < -0.39 is 0 Å². The van der Waals surface area contributed by atoms with Gasteiger partial charge in [-0.05, 0) is 62.8 Å². The Kier molecular flexibility index (Phi) is 5.78. The fraction of sp³-hybridized carbons (Fsp3) is 0.478. The molecule has 1 saturated heterocycles. The van der Waals surface area contributed by atoms with Crippen LogP contribution in [0.2, 0.25) is 10.0 Å². The molecule has 0 saturated carbocycles. The van der Waals surface area contributed by atoms with E-state index in [0.717, 1.165) is 40.7 Å². The maximum absolute atomic E-state index is 6.43. The maximum atomic E-state index is 6.43. The van der Waals surface area contributed by atoms with Crippen LogP contribution in [-0.2, 0) is 0 Å². The molecule has 28 heavy (non-hydrogen) atoms. The quantitative estimate of drug-likeness (QED) is 0.316. The monoisotopic (exact) mass is 420 g/mol. The number of piperidine rings is 1. The van der Waals surface area contributed by atoms with Gasteiger partial charge in [0.2, 0.25) is 0 Å². The number of hydrogen-bond acceptors (Lipinski definition) is 2. The Hall–Kier alpha value is -1.42. The van der Waals surface area contributed by atoms with E-state index in [-0.39, 0.29) is 0 Å². The molecule has 0 radical (unpaired) electrons. The minimum atomic E-state index is 0.579. The first-order chi connectivity index (χ1) is 13.5. The van der Waals surface area contributed by atoms with Crippen molar-refractivity contribution in [3.63, 3.8) is 0 Å². The molecule has 0 spiro atoms. The zero-order valence-corrected chi connectivity index (χ0v) is 18.2. The minimum Gasteiger partial charge on any atom is -0.493 e. The van der Waals surface area contributed by atoms with Crippen LogP contribution in [0.1, 0.15) is 37.7 Å². The number of furan rings is 1. The van der Waals surface area contributed by atoms with Crippen LogP contribution in [0.15, 0.2) is 28.7 Å². The van der Waals surface area contributed by atoms with Gasteiger partial charge in [0, 0.05) is 21.9 Å². The summed E-state index contributed by atoms with van der Waals surface area (Å²) in [6.45, 7) is 6.55. The number of quaternary nitrogens is 1. The van der Waals surface area contributed by atoms with E-state index in [1.54, 1.807) is 0 Å². The van der Waals surface area contributed by atoms with Gasteiger partial charge in [0.15, 0.2) is 5.58 Å². The van der Waals surface area contributed by atoms with Crippen LogP contribution in [-0.4, -0.2) is 37.8 Å². The molecule has 0 N–H and O–H groups in total. The van der Waals surface area contributed by atoms with Gasteiger partial charge in [-0.2, -0.15) is 0 Å². The van der Waals surface area contributed by atoms with Crippen molar-refractivity contribution in [2.45, 2.75) is 39.0 Å². The van der Waals surface area contributed by atoms with Gasteiger partial charge in [-0.25, -0.2) is 0 Å². The molecule has 0 aliphatic carbocycles. The molecule has 1 aliphatic rings. The van der Waals surface area contributed by atoms with E-state index >= 15 is 0 Å². The number of fused-ring (bicyclic) bond motifs is 3. The van der Waals surface area contributed by atoms with Crippen LogP contribution in [0, 0.1) is 6.92 Å². The number of unbranched alkanes of at least 4 members (excludes halogenated alkanes) is 1. The lowest BCUT2D eigenvalue weighted by molar-refractivity contribution is -0.914. The Bertz CT molecular complexity index is 989. The van der Waals surface area contributed by atoms with Crippen LogP contribution in [0.4, 0.5) is 0 Å². The molecule has 3 aromatic rings. The highest BCUT2D eigenvalue weighted by molar-refractivity contribution is 6.40. The zero-order chi connectivity index (χ0) is 19.7. The highest BCUT2D eigenvalue weighted by Gasteiger charge is 2.23. The molecule has 150 valence electrons. The predicted molar refractivity (Wildman–Crippen MR) is 118 cm³/mol. The van der Waals surface area contributed by atoms with Gasteiger partial charge in [0.05, 0.1) is 38.3 Å². The van der Waals surface area contributed by atoms with Crippen LogP contribution in [0.25, 0.3) is 21.9 Å². The lowest BCUT2D eigenvalue weighted by Gasteiger charge is -2.37. The molecule has 1 fully saturated rings. The van der Waals surface area contributed by atoms with Gasteiger partial charge in [-0.15, -0.1) is 0 Å². The number of likely N-dealkylation sites (tertiary alicyclic amines) is 1. The van der Waals surface area contributed by atoms with Crippen LogP contribution >= 0.6 is 23.2 Å². The largest absolute Gasteiger partial charge is 0.493 e. The van der Waals surface area contributed by atoms with Crippen molar-refractivity contribution in [2.75, 3.05) is 33.3 Å². The molecule has 0 atom stereocenters. The predicted octanol–water partition coefficient (Wildman–Crippen LogP) is 6.99. The minimum absolute atomic E-state index is 0.579. The fourth-order valence-corrected chi connectivity index (χ4v) is 4.78. The molecular weight excluding hydrogens is 393 g/mol. The van der Waals surface area contributed by atoms with Gasteiger partial charge < -0.3 is 13.6 Å². The lowest BCUT2D eigenvalue weighted by Crippen LogP contribution is -2.48. The average Bonchev–Trinajstić information content (AvgIpc) is 3.04. The van der Waals surface area contributed by atoms with Crippen molar-refractivity contribution < 1.29 is 13.6 Å². The lowest BCUT2D eigenvalue weighted by atomic mass is 10.1. The first-order valence-corrected chi connectivity index (χ1v) is 11.0. The third-order valence-electron chi connectivity index (χ3n) is 6.11. The standard InChI is InChI=1S/C23H28Cl2NO2/c1-16-20(24)15-19-18-9-8-17(14-21(18)28-23(19)22(16)25)27-13-7-6-12-26(2)10-4-3-5-11-26/h8-9,14-15H,3-7,10-13H2,1-2H3/q+1. The Morgan fingerprint density at radius 3 is 2.61 bits per heavy atom. The zero-order valence-electron chi connectivity index (χ0n) is 16.7. The molecule has 4 rings (SSSR count). The van der Waals surface area contributed by atoms with Crippen molar-refractivity contribution in [2.24, 2.45) is 0 Å². The number of benzene rings is 2. The van der Waals surface area contributed by atoms with Crippen molar-refractivity contribution in [1.29, 1.82) is 0 Å². The number of nitrogens with zero attached hydrogens (tertiary/aromatic N) is 1. The molecule has 2 aromatic carbocycles. The second-order valence-electron chi connectivity index (χ2n) is 8.34. The topological polar surface area (TPSA) is 22.4 Å². The number of hydrogen-bond donors (Lipinski definition) is 0. The van der Waals surface area contributed by atoms with Crippen molar-refractivity contribution in [3.05, 3.63) is 39.9 Å². The highest BCUT2D eigenvalue weighted by atomic mass is 35.5. The molecule has 5 heteroatoms. The van der Waals surface area contributed by atoms with E-state index in [9.17, 15) is 0 Å². The summed E-state index contributed by atoms with van der Waals surface area (Å²) in [6, 6.07) is 7.90. The van der Waals surface area contributed by atoms with Crippen LogP contribution < -0.4 is 4.74 Å².